The van der Waals surface area contributed by atoms with Gasteiger partial charge in [0.15, 0.2) is 0 Å². The maximum Gasteiger partial charge on any atom is 0.234 e. The Balaban J connectivity index is 1.29. The van der Waals surface area contributed by atoms with Gasteiger partial charge in [-0.1, -0.05) is 42.0 Å². The molecule has 2 aliphatic rings. The standard InChI is InChI=1S/C23H33N3O2/c27-22(24-14-11-19-7-3-1-4-8-19)18-26-15-12-21(13-16-26)23(28)25-17-20-9-5-2-6-10-20/h2,5-7,9-10,21H,1,3-4,8,11-18H2,(H,24,27)(H,25,28). The first kappa shape index (κ1) is 20.6. The van der Waals surface area contributed by atoms with Crippen LogP contribution < -0.4 is 10.6 Å². The fourth-order valence-electron chi connectivity index (χ4n) is 4.04. The van der Waals surface area contributed by atoms with Crippen molar-refractivity contribution >= 4 is 11.8 Å². The van der Waals surface area contributed by atoms with Crippen LogP contribution in [0.25, 0.3) is 0 Å². The summed E-state index contributed by atoms with van der Waals surface area (Å²) in [5.74, 6) is 0.290. The van der Waals surface area contributed by atoms with E-state index in [0.29, 0.717) is 13.1 Å². The summed E-state index contributed by atoms with van der Waals surface area (Å²) in [6.45, 7) is 3.38. The van der Waals surface area contributed by atoms with Crippen LogP contribution in [0.5, 0.6) is 0 Å². The lowest BCUT2D eigenvalue weighted by molar-refractivity contribution is -0.127. The van der Waals surface area contributed by atoms with Crippen LogP contribution in [0.1, 0.15) is 50.5 Å². The number of nitrogens with zero attached hydrogens (tertiary/aromatic N) is 1. The second-order valence-corrected chi connectivity index (χ2v) is 7.96. The third-order valence-electron chi connectivity index (χ3n) is 5.79. The first-order valence-electron chi connectivity index (χ1n) is 10.7. The van der Waals surface area contributed by atoms with Crippen LogP contribution >= 0.6 is 0 Å². The van der Waals surface area contributed by atoms with E-state index in [1.54, 1.807) is 0 Å². The van der Waals surface area contributed by atoms with E-state index in [0.717, 1.165) is 44.5 Å². The van der Waals surface area contributed by atoms with Gasteiger partial charge >= 0.3 is 0 Å². The minimum Gasteiger partial charge on any atom is -0.355 e. The molecule has 28 heavy (non-hydrogen) atoms. The number of hydrogen-bond donors (Lipinski definition) is 2. The zero-order valence-electron chi connectivity index (χ0n) is 16.8. The van der Waals surface area contributed by atoms with E-state index in [4.69, 9.17) is 0 Å². The van der Waals surface area contributed by atoms with Crippen LogP contribution in [-0.4, -0.2) is 42.9 Å². The molecular weight excluding hydrogens is 350 g/mol. The highest BCUT2D eigenvalue weighted by Crippen LogP contribution is 2.19. The number of likely N-dealkylation sites (tertiary alicyclic amines) is 1. The summed E-state index contributed by atoms with van der Waals surface area (Å²) in [4.78, 5) is 26.7. The minimum atomic E-state index is 0.0567. The molecule has 0 unspecified atom stereocenters. The lowest BCUT2D eigenvalue weighted by atomic mass is 9.95. The third-order valence-corrected chi connectivity index (χ3v) is 5.79. The van der Waals surface area contributed by atoms with Crippen LogP contribution in [0.3, 0.4) is 0 Å². The van der Waals surface area contributed by atoms with Crippen molar-refractivity contribution in [3.05, 3.63) is 47.5 Å². The van der Waals surface area contributed by atoms with Crippen molar-refractivity contribution in [1.82, 2.24) is 15.5 Å². The van der Waals surface area contributed by atoms with E-state index in [9.17, 15) is 9.59 Å². The summed E-state index contributed by atoms with van der Waals surface area (Å²) in [6, 6.07) is 9.98. The Morgan fingerprint density at radius 1 is 1.04 bits per heavy atom. The molecule has 0 aromatic heterocycles. The van der Waals surface area contributed by atoms with Gasteiger partial charge in [0.1, 0.15) is 0 Å². The van der Waals surface area contributed by atoms with Crippen molar-refractivity contribution in [3.8, 4) is 0 Å². The molecule has 1 aliphatic carbocycles. The molecule has 152 valence electrons. The van der Waals surface area contributed by atoms with Crippen molar-refractivity contribution in [2.24, 2.45) is 5.92 Å². The molecule has 0 saturated carbocycles. The Bertz CT molecular complexity index is 664. The fourth-order valence-corrected chi connectivity index (χ4v) is 4.04. The molecule has 1 fully saturated rings. The summed E-state index contributed by atoms with van der Waals surface area (Å²) in [6.07, 6.45) is 9.93. The number of carbonyl (C=O) groups excluding carboxylic acids is 2. The molecule has 2 N–H and O–H groups in total. The molecule has 0 radical (unpaired) electrons. The summed E-state index contributed by atoms with van der Waals surface area (Å²) >= 11 is 0. The zero-order chi connectivity index (χ0) is 19.6. The molecule has 3 rings (SSSR count). The zero-order valence-corrected chi connectivity index (χ0v) is 16.8. The normalized spacial score (nSPS) is 18.4. The van der Waals surface area contributed by atoms with Gasteiger partial charge in [-0.25, -0.2) is 0 Å². The first-order chi connectivity index (χ1) is 13.7. The van der Waals surface area contributed by atoms with Crippen LogP contribution in [0, 0.1) is 5.92 Å². The maximum absolute atomic E-state index is 12.4. The highest BCUT2D eigenvalue weighted by molar-refractivity contribution is 5.79. The molecule has 1 aliphatic heterocycles. The Kier molecular flexibility index (Phi) is 8.09. The summed E-state index contributed by atoms with van der Waals surface area (Å²) < 4.78 is 0. The number of benzene rings is 1. The van der Waals surface area contributed by atoms with E-state index >= 15 is 0 Å². The van der Waals surface area contributed by atoms with E-state index in [2.05, 4.69) is 21.6 Å². The minimum absolute atomic E-state index is 0.0567. The molecule has 0 bridgehead atoms. The molecule has 0 spiro atoms. The number of nitrogens with one attached hydrogen (secondary N) is 2. The van der Waals surface area contributed by atoms with Gasteiger partial charge in [-0.15, -0.1) is 0 Å². The Hall–Kier alpha value is -2.14. The fraction of sp³-hybridized carbons (Fsp3) is 0.565. The second-order valence-electron chi connectivity index (χ2n) is 7.96. The maximum atomic E-state index is 12.4. The largest absolute Gasteiger partial charge is 0.355 e. The number of rotatable bonds is 8. The number of hydrogen-bond acceptors (Lipinski definition) is 3. The van der Waals surface area contributed by atoms with E-state index < -0.39 is 0 Å². The highest BCUT2D eigenvalue weighted by atomic mass is 16.2. The second kappa shape index (κ2) is 11.0. The predicted octanol–water partition coefficient (Wildman–Crippen LogP) is 3.02. The quantitative estimate of drug-likeness (QED) is 0.679. The number of amides is 2. The number of piperidine rings is 1. The topological polar surface area (TPSA) is 61.4 Å². The van der Waals surface area contributed by atoms with Crippen LogP contribution in [-0.2, 0) is 16.1 Å². The monoisotopic (exact) mass is 383 g/mol. The average Bonchev–Trinajstić information content (AvgIpc) is 2.74. The van der Waals surface area contributed by atoms with E-state index in [-0.39, 0.29) is 17.7 Å². The van der Waals surface area contributed by atoms with Gasteiger partial charge in [-0.3, -0.25) is 14.5 Å². The molecule has 1 saturated heterocycles. The lowest BCUT2D eigenvalue weighted by Crippen LogP contribution is -2.44. The molecule has 5 nitrogen and oxygen atoms in total. The summed E-state index contributed by atoms with van der Waals surface area (Å²) in [5, 5.41) is 6.09. The smallest absolute Gasteiger partial charge is 0.234 e. The van der Waals surface area contributed by atoms with Gasteiger partial charge in [0.2, 0.25) is 11.8 Å². The third kappa shape index (κ3) is 6.79. The lowest BCUT2D eigenvalue weighted by Gasteiger charge is -2.30. The molecular formula is C23H33N3O2. The van der Waals surface area contributed by atoms with E-state index in [1.165, 1.54) is 31.3 Å². The van der Waals surface area contributed by atoms with Crippen molar-refractivity contribution in [2.45, 2.75) is 51.5 Å². The Labute approximate surface area is 168 Å². The highest BCUT2D eigenvalue weighted by Gasteiger charge is 2.25. The molecule has 5 heteroatoms. The molecule has 2 amide bonds. The van der Waals surface area contributed by atoms with Crippen molar-refractivity contribution in [3.63, 3.8) is 0 Å². The van der Waals surface area contributed by atoms with Crippen molar-refractivity contribution in [1.29, 1.82) is 0 Å². The summed E-state index contributed by atoms with van der Waals surface area (Å²) in [7, 11) is 0. The van der Waals surface area contributed by atoms with Crippen LogP contribution in [0.2, 0.25) is 0 Å². The Morgan fingerprint density at radius 2 is 1.82 bits per heavy atom. The van der Waals surface area contributed by atoms with Crippen molar-refractivity contribution in [2.75, 3.05) is 26.2 Å². The number of allylic oxidation sites excluding steroid dienone is 1. The van der Waals surface area contributed by atoms with Crippen LogP contribution in [0.15, 0.2) is 42.0 Å². The van der Waals surface area contributed by atoms with Crippen LogP contribution in [0.4, 0.5) is 0 Å². The van der Waals surface area contributed by atoms with Gasteiger partial charge in [0.05, 0.1) is 6.54 Å². The van der Waals surface area contributed by atoms with Gasteiger partial charge in [0.25, 0.3) is 0 Å². The molecule has 1 aromatic rings. The molecule has 1 heterocycles. The van der Waals surface area contributed by atoms with Gasteiger partial charge in [-0.05, 0) is 63.6 Å². The SMILES string of the molecule is O=C(CN1CCC(C(=O)NCc2ccccc2)CC1)NCCC1=CCCCC1. The Morgan fingerprint density at radius 3 is 2.54 bits per heavy atom. The number of carbonyl (C=O) groups is 2. The van der Waals surface area contributed by atoms with Gasteiger partial charge in [-0.2, -0.15) is 0 Å². The predicted molar refractivity (Wildman–Crippen MR) is 112 cm³/mol. The van der Waals surface area contributed by atoms with E-state index in [1.807, 2.05) is 30.3 Å². The summed E-state index contributed by atoms with van der Waals surface area (Å²) in [5.41, 5.74) is 2.61. The van der Waals surface area contributed by atoms with Crippen molar-refractivity contribution < 1.29 is 9.59 Å². The molecule has 1 aromatic carbocycles. The molecule has 0 atom stereocenters. The average molecular weight is 384 g/mol. The van der Waals surface area contributed by atoms with Gasteiger partial charge < -0.3 is 10.6 Å². The first-order valence-corrected chi connectivity index (χ1v) is 10.7. The van der Waals surface area contributed by atoms with Gasteiger partial charge in [0, 0.05) is 19.0 Å².